The van der Waals surface area contributed by atoms with Crippen LogP contribution in [0.4, 0.5) is 0 Å². The summed E-state index contributed by atoms with van der Waals surface area (Å²) in [4.78, 5) is 11.4. The van der Waals surface area contributed by atoms with Crippen molar-refractivity contribution in [1.82, 2.24) is 0 Å². The van der Waals surface area contributed by atoms with Gasteiger partial charge in [-0.25, -0.2) is 0 Å². The van der Waals surface area contributed by atoms with Gasteiger partial charge in [0.25, 0.3) is 0 Å². The summed E-state index contributed by atoms with van der Waals surface area (Å²) in [6.07, 6.45) is 3.18. The maximum Gasteiger partial charge on any atom is 0.137 e. The molecule has 0 saturated carbocycles. The van der Waals surface area contributed by atoms with Crippen LogP contribution in [0.25, 0.3) is 0 Å². The Bertz CT molecular complexity index is 401. The summed E-state index contributed by atoms with van der Waals surface area (Å²) in [6.45, 7) is 4.05. The summed E-state index contributed by atoms with van der Waals surface area (Å²) in [5.74, 6) is 1.41. The van der Waals surface area contributed by atoms with Crippen molar-refractivity contribution >= 4 is 17.4 Å². The van der Waals surface area contributed by atoms with E-state index in [1.807, 2.05) is 25.1 Å². The molecule has 2 nitrogen and oxygen atoms in total. The molecule has 1 aromatic rings. The Hall–Kier alpha value is -1.02. The number of benzene rings is 1. The fourth-order valence-electron chi connectivity index (χ4n) is 2.06. The number of rotatable bonds is 7. The SMILES string of the molecule is CCC(=O)CCC(CC)c1ccc(OC)c(Cl)c1. The number of carbonyl (C=O) groups is 1. The molecular weight excluding hydrogens is 248 g/mol. The van der Waals surface area contributed by atoms with Crippen LogP contribution in [0.1, 0.15) is 51.0 Å². The maximum absolute atomic E-state index is 11.4. The van der Waals surface area contributed by atoms with Gasteiger partial charge in [0, 0.05) is 12.8 Å². The van der Waals surface area contributed by atoms with Gasteiger partial charge >= 0.3 is 0 Å². The van der Waals surface area contributed by atoms with Crippen LogP contribution in [0.15, 0.2) is 18.2 Å². The molecular formula is C15H21ClO2. The van der Waals surface area contributed by atoms with E-state index in [9.17, 15) is 4.79 Å². The average molecular weight is 269 g/mol. The van der Waals surface area contributed by atoms with Crippen molar-refractivity contribution in [3.05, 3.63) is 28.8 Å². The van der Waals surface area contributed by atoms with Gasteiger partial charge in [0.2, 0.25) is 0 Å². The highest BCUT2D eigenvalue weighted by atomic mass is 35.5. The molecule has 0 aliphatic rings. The lowest BCUT2D eigenvalue weighted by Crippen LogP contribution is -2.03. The number of carbonyl (C=O) groups excluding carboxylic acids is 1. The molecule has 100 valence electrons. The Balaban J connectivity index is 2.75. The molecule has 1 aromatic carbocycles. The van der Waals surface area contributed by atoms with Crippen LogP contribution in [-0.4, -0.2) is 12.9 Å². The van der Waals surface area contributed by atoms with Gasteiger partial charge in [-0.2, -0.15) is 0 Å². The fourth-order valence-corrected chi connectivity index (χ4v) is 2.32. The summed E-state index contributed by atoms with van der Waals surface area (Å²) < 4.78 is 5.14. The molecule has 0 aliphatic heterocycles. The Kier molecular flexibility index (Phi) is 6.20. The molecule has 0 aromatic heterocycles. The van der Waals surface area contributed by atoms with Crippen molar-refractivity contribution in [1.29, 1.82) is 0 Å². The van der Waals surface area contributed by atoms with Gasteiger partial charge in [0.1, 0.15) is 11.5 Å². The molecule has 0 fully saturated rings. The maximum atomic E-state index is 11.4. The van der Waals surface area contributed by atoms with Crippen molar-refractivity contribution < 1.29 is 9.53 Å². The van der Waals surface area contributed by atoms with Crippen LogP contribution in [0.2, 0.25) is 5.02 Å². The summed E-state index contributed by atoms with van der Waals surface area (Å²) >= 11 is 6.13. The molecule has 0 aliphatic carbocycles. The van der Waals surface area contributed by atoms with Crippen LogP contribution >= 0.6 is 11.6 Å². The topological polar surface area (TPSA) is 26.3 Å². The third kappa shape index (κ3) is 4.02. The molecule has 0 saturated heterocycles. The zero-order valence-corrected chi connectivity index (χ0v) is 12.1. The standard InChI is InChI=1S/C15H21ClO2/c1-4-11(6-8-13(17)5-2)12-7-9-15(18-3)14(16)10-12/h7,9-11H,4-6,8H2,1-3H3. The summed E-state index contributed by atoms with van der Waals surface area (Å²) in [5, 5.41) is 0.635. The van der Waals surface area contributed by atoms with E-state index in [0.717, 1.165) is 12.8 Å². The van der Waals surface area contributed by atoms with E-state index in [2.05, 4.69) is 6.92 Å². The number of hydrogen-bond acceptors (Lipinski definition) is 2. The van der Waals surface area contributed by atoms with Gasteiger partial charge in [0.05, 0.1) is 12.1 Å². The van der Waals surface area contributed by atoms with Gasteiger partial charge < -0.3 is 4.74 Å². The Morgan fingerprint density at radius 1 is 1.39 bits per heavy atom. The van der Waals surface area contributed by atoms with Gasteiger partial charge in [-0.3, -0.25) is 4.79 Å². The third-order valence-corrected chi connectivity index (χ3v) is 3.60. The smallest absolute Gasteiger partial charge is 0.137 e. The number of ketones is 1. The normalized spacial score (nSPS) is 12.2. The molecule has 0 N–H and O–H groups in total. The predicted octanol–water partition coefficient (Wildman–Crippen LogP) is 4.60. The molecule has 0 heterocycles. The second-order valence-corrected chi connectivity index (χ2v) is 4.84. The van der Waals surface area contributed by atoms with Crippen molar-refractivity contribution in [3.8, 4) is 5.75 Å². The highest BCUT2D eigenvalue weighted by Gasteiger charge is 2.13. The lowest BCUT2D eigenvalue weighted by atomic mass is 9.91. The third-order valence-electron chi connectivity index (χ3n) is 3.31. The number of halogens is 1. The molecule has 0 bridgehead atoms. The first kappa shape index (κ1) is 15.0. The molecule has 3 heteroatoms. The summed E-state index contributed by atoms with van der Waals surface area (Å²) in [5.41, 5.74) is 1.19. The van der Waals surface area contributed by atoms with E-state index in [-0.39, 0.29) is 0 Å². The second-order valence-electron chi connectivity index (χ2n) is 4.43. The van der Waals surface area contributed by atoms with Crippen LogP contribution in [-0.2, 0) is 4.79 Å². The highest BCUT2D eigenvalue weighted by Crippen LogP contribution is 2.31. The number of hydrogen-bond donors (Lipinski definition) is 0. The van der Waals surface area contributed by atoms with Crippen LogP contribution in [0.3, 0.4) is 0 Å². The quantitative estimate of drug-likeness (QED) is 0.722. The van der Waals surface area contributed by atoms with E-state index in [1.165, 1.54) is 5.56 Å². The van der Waals surface area contributed by atoms with Crippen molar-refractivity contribution in [3.63, 3.8) is 0 Å². The van der Waals surface area contributed by atoms with E-state index in [0.29, 0.717) is 35.3 Å². The van der Waals surface area contributed by atoms with Crippen molar-refractivity contribution in [2.45, 2.75) is 45.4 Å². The second kappa shape index (κ2) is 7.42. The Morgan fingerprint density at radius 3 is 2.61 bits per heavy atom. The van der Waals surface area contributed by atoms with Crippen LogP contribution < -0.4 is 4.74 Å². The molecule has 0 spiro atoms. The zero-order valence-electron chi connectivity index (χ0n) is 11.3. The van der Waals surface area contributed by atoms with Crippen molar-refractivity contribution in [2.24, 2.45) is 0 Å². The van der Waals surface area contributed by atoms with E-state index in [1.54, 1.807) is 7.11 Å². The van der Waals surface area contributed by atoms with E-state index >= 15 is 0 Å². The zero-order chi connectivity index (χ0) is 13.5. The molecule has 1 rings (SSSR count). The minimum absolute atomic E-state index is 0.327. The first-order valence-corrected chi connectivity index (χ1v) is 6.85. The Labute approximate surface area is 114 Å². The lowest BCUT2D eigenvalue weighted by molar-refractivity contribution is -0.118. The van der Waals surface area contributed by atoms with Crippen molar-refractivity contribution in [2.75, 3.05) is 7.11 Å². The molecule has 0 radical (unpaired) electrons. The fraction of sp³-hybridized carbons (Fsp3) is 0.533. The summed E-state index contributed by atoms with van der Waals surface area (Å²) in [7, 11) is 1.61. The van der Waals surface area contributed by atoms with Crippen LogP contribution in [0.5, 0.6) is 5.75 Å². The largest absolute Gasteiger partial charge is 0.495 e. The van der Waals surface area contributed by atoms with Gasteiger partial charge in [-0.05, 0) is 36.5 Å². The van der Waals surface area contributed by atoms with E-state index in [4.69, 9.17) is 16.3 Å². The lowest BCUT2D eigenvalue weighted by Gasteiger charge is -2.16. The Morgan fingerprint density at radius 2 is 2.11 bits per heavy atom. The summed E-state index contributed by atoms with van der Waals surface area (Å²) in [6, 6.07) is 5.88. The minimum atomic E-state index is 0.327. The first-order valence-electron chi connectivity index (χ1n) is 6.47. The predicted molar refractivity (Wildman–Crippen MR) is 75.6 cm³/mol. The first-order chi connectivity index (χ1) is 8.62. The molecule has 1 unspecified atom stereocenters. The highest BCUT2D eigenvalue weighted by molar-refractivity contribution is 6.32. The molecule has 18 heavy (non-hydrogen) atoms. The number of ether oxygens (including phenoxy) is 1. The van der Waals surface area contributed by atoms with Gasteiger partial charge in [0.15, 0.2) is 0 Å². The number of Topliss-reactive ketones (excluding diaryl/α,β-unsaturated/α-hetero) is 1. The van der Waals surface area contributed by atoms with E-state index < -0.39 is 0 Å². The average Bonchev–Trinajstić information content (AvgIpc) is 2.39. The van der Waals surface area contributed by atoms with Crippen LogP contribution in [0, 0.1) is 0 Å². The van der Waals surface area contributed by atoms with Gasteiger partial charge in [-0.15, -0.1) is 0 Å². The minimum Gasteiger partial charge on any atom is -0.495 e. The monoisotopic (exact) mass is 268 g/mol. The number of methoxy groups -OCH3 is 1. The molecule has 0 amide bonds. The van der Waals surface area contributed by atoms with Gasteiger partial charge in [-0.1, -0.05) is 31.5 Å². The molecule has 1 atom stereocenters.